The topological polar surface area (TPSA) is 51.4 Å². The fourth-order valence-electron chi connectivity index (χ4n) is 2.71. The molecule has 0 amide bonds. The minimum atomic E-state index is 0.601. The second kappa shape index (κ2) is 5.35. The second-order valence-electron chi connectivity index (χ2n) is 5.16. The summed E-state index contributed by atoms with van der Waals surface area (Å²) in [7, 11) is 2.10. The molecular formula is C14H19N3OS. The highest BCUT2D eigenvalue weighted by atomic mass is 32.1. The summed E-state index contributed by atoms with van der Waals surface area (Å²) in [6.07, 6.45) is 2.41. The molecule has 1 saturated heterocycles. The van der Waals surface area contributed by atoms with Gasteiger partial charge in [-0.05, 0) is 30.9 Å². The fourth-order valence-corrected chi connectivity index (χ4v) is 3.40. The molecule has 0 saturated carbocycles. The van der Waals surface area contributed by atoms with E-state index in [2.05, 4.69) is 29.1 Å². The lowest BCUT2D eigenvalue weighted by molar-refractivity contribution is 0.0576. The molecule has 1 aliphatic rings. The summed E-state index contributed by atoms with van der Waals surface area (Å²) in [4.78, 5) is 6.58. The van der Waals surface area contributed by atoms with Crippen LogP contribution in [0.15, 0.2) is 17.6 Å². The predicted octanol–water partition coefficient (Wildman–Crippen LogP) is 2.74. The smallest absolute Gasteiger partial charge is 0.106 e. The van der Waals surface area contributed by atoms with Gasteiger partial charge in [-0.25, -0.2) is 4.98 Å². The Bertz CT molecular complexity index is 563. The first kappa shape index (κ1) is 12.7. The number of thiazole rings is 1. The van der Waals surface area contributed by atoms with Crippen molar-refractivity contribution >= 4 is 32.9 Å². The van der Waals surface area contributed by atoms with E-state index in [-0.39, 0.29) is 0 Å². The summed E-state index contributed by atoms with van der Waals surface area (Å²) in [6.45, 7) is 2.76. The van der Waals surface area contributed by atoms with Crippen LogP contribution in [0.25, 0.3) is 10.2 Å². The maximum atomic E-state index is 6.24. The minimum Gasteiger partial charge on any atom is -0.395 e. The van der Waals surface area contributed by atoms with E-state index in [4.69, 9.17) is 10.5 Å². The van der Waals surface area contributed by atoms with Crippen molar-refractivity contribution in [1.29, 1.82) is 0 Å². The van der Waals surface area contributed by atoms with Crippen molar-refractivity contribution in [2.45, 2.75) is 12.8 Å². The largest absolute Gasteiger partial charge is 0.395 e. The van der Waals surface area contributed by atoms with Gasteiger partial charge in [0.2, 0.25) is 0 Å². The van der Waals surface area contributed by atoms with Gasteiger partial charge in [0.05, 0.1) is 28.2 Å². The van der Waals surface area contributed by atoms with Crippen molar-refractivity contribution in [3.05, 3.63) is 17.6 Å². The summed E-state index contributed by atoms with van der Waals surface area (Å²) < 4.78 is 6.69. The molecule has 1 fully saturated rings. The summed E-state index contributed by atoms with van der Waals surface area (Å²) >= 11 is 1.63. The molecule has 2 heterocycles. The lowest BCUT2D eigenvalue weighted by Gasteiger charge is -2.29. The Morgan fingerprint density at radius 2 is 2.42 bits per heavy atom. The lowest BCUT2D eigenvalue weighted by Crippen LogP contribution is -2.31. The molecule has 3 rings (SSSR count). The standard InChI is InChI=1S/C14H19N3OS/c1-17(7-10-3-2-6-18-8-10)11-4-5-12-14(13(11)15)16-9-19-12/h4-5,9-10H,2-3,6-8,15H2,1H3. The SMILES string of the molecule is CN(CC1CCCOC1)c1ccc2scnc2c1N. The highest BCUT2D eigenvalue weighted by Crippen LogP contribution is 2.32. The van der Waals surface area contributed by atoms with E-state index in [1.54, 1.807) is 11.3 Å². The third-order valence-electron chi connectivity index (χ3n) is 3.72. The molecule has 5 heteroatoms. The second-order valence-corrected chi connectivity index (χ2v) is 6.05. The normalized spacial score (nSPS) is 19.7. The van der Waals surface area contributed by atoms with Crippen molar-refractivity contribution in [2.75, 3.05) is 37.4 Å². The number of fused-ring (bicyclic) bond motifs is 1. The van der Waals surface area contributed by atoms with Crippen molar-refractivity contribution in [3.8, 4) is 0 Å². The first-order chi connectivity index (χ1) is 9.25. The Morgan fingerprint density at radius 1 is 1.53 bits per heavy atom. The maximum absolute atomic E-state index is 6.24. The number of rotatable bonds is 3. The molecule has 2 N–H and O–H groups in total. The number of aromatic nitrogens is 1. The molecule has 0 spiro atoms. The van der Waals surface area contributed by atoms with Crippen molar-refractivity contribution in [1.82, 2.24) is 4.98 Å². The molecule has 1 aromatic carbocycles. The van der Waals surface area contributed by atoms with Gasteiger partial charge in [-0.15, -0.1) is 11.3 Å². The van der Waals surface area contributed by atoms with Crippen LogP contribution in [0, 0.1) is 5.92 Å². The monoisotopic (exact) mass is 277 g/mol. The van der Waals surface area contributed by atoms with Crippen molar-refractivity contribution < 1.29 is 4.74 Å². The zero-order valence-electron chi connectivity index (χ0n) is 11.1. The van der Waals surface area contributed by atoms with Gasteiger partial charge >= 0.3 is 0 Å². The maximum Gasteiger partial charge on any atom is 0.106 e. The highest BCUT2D eigenvalue weighted by molar-refractivity contribution is 7.16. The van der Waals surface area contributed by atoms with Gasteiger partial charge in [0.1, 0.15) is 5.52 Å². The van der Waals surface area contributed by atoms with E-state index in [9.17, 15) is 0 Å². The quantitative estimate of drug-likeness (QED) is 0.876. The highest BCUT2D eigenvalue weighted by Gasteiger charge is 2.18. The third-order valence-corrected chi connectivity index (χ3v) is 4.51. The Balaban J connectivity index is 1.80. The van der Waals surface area contributed by atoms with Gasteiger partial charge in [0, 0.05) is 20.2 Å². The number of benzene rings is 1. The fraction of sp³-hybridized carbons (Fsp3) is 0.500. The molecule has 0 aliphatic carbocycles. The summed E-state index contributed by atoms with van der Waals surface area (Å²) in [6, 6.07) is 4.20. The Kier molecular flexibility index (Phi) is 3.57. The van der Waals surface area contributed by atoms with Gasteiger partial charge < -0.3 is 15.4 Å². The van der Waals surface area contributed by atoms with E-state index in [1.165, 1.54) is 12.8 Å². The van der Waals surface area contributed by atoms with Crippen LogP contribution in [-0.2, 0) is 4.74 Å². The van der Waals surface area contributed by atoms with Crippen molar-refractivity contribution in [2.24, 2.45) is 5.92 Å². The molecule has 102 valence electrons. The van der Waals surface area contributed by atoms with Crippen LogP contribution < -0.4 is 10.6 Å². The molecule has 1 atom stereocenters. The average molecular weight is 277 g/mol. The Morgan fingerprint density at radius 3 is 3.21 bits per heavy atom. The summed E-state index contributed by atoms with van der Waals surface area (Å²) in [5, 5.41) is 0. The Labute approximate surface area is 117 Å². The number of anilines is 2. The zero-order valence-corrected chi connectivity index (χ0v) is 11.9. The molecule has 1 unspecified atom stereocenters. The van der Waals surface area contributed by atoms with Crippen LogP contribution >= 0.6 is 11.3 Å². The van der Waals surface area contributed by atoms with Gasteiger partial charge in [0.15, 0.2) is 0 Å². The summed E-state index contributed by atoms with van der Waals surface area (Å²) in [5.74, 6) is 0.601. The van der Waals surface area contributed by atoms with Crippen molar-refractivity contribution in [3.63, 3.8) is 0 Å². The first-order valence-electron chi connectivity index (χ1n) is 6.66. The first-order valence-corrected chi connectivity index (χ1v) is 7.54. The average Bonchev–Trinajstić information content (AvgIpc) is 2.89. The van der Waals surface area contributed by atoms with Crippen LogP contribution in [0.3, 0.4) is 0 Å². The lowest BCUT2D eigenvalue weighted by atomic mass is 10.0. The molecule has 19 heavy (non-hydrogen) atoms. The van der Waals surface area contributed by atoms with E-state index in [0.717, 1.165) is 41.3 Å². The number of ether oxygens (including phenoxy) is 1. The molecule has 1 aromatic heterocycles. The number of nitrogens with two attached hydrogens (primary N) is 1. The molecule has 2 aromatic rings. The van der Waals surface area contributed by atoms with E-state index in [1.807, 2.05) is 5.51 Å². The van der Waals surface area contributed by atoms with E-state index >= 15 is 0 Å². The number of nitrogen functional groups attached to an aromatic ring is 1. The van der Waals surface area contributed by atoms with Crippen LogP contribution in [0.1, 0.15) is 12.8 Å². The van der Waals surface area contributed by atoms with Crippen LogP contribution in [0.2, 0.25) is 0 Å². The van der Waals surface area contributed by atoms with Crippen LogP contribution in [0.4, 0.5) is 11.4 Å². The molecule has 0 radical (unpaired) electrons. The van der Waals surface area contributed by atoms with Gasteiger partial charge in [0.25, 0.3) is 0 Å². The third kappa shape index (κ3) is 2.53. The zero-order chi connectivity index (χ0) is 13.2. The Hall–Kier alpha value is -1.33. The predicted molar refractivity (Wildman–Crippen MR) is 80.8 cm³/mol. The minimum absolute atomic E-state index is 0.601. The van der Waals surface area contributed by atoms with E-state index in [0.29, 0.717) is 5.92 Å². The molecular weight excluding hydrogens is 258 g/mol. The van der Waals surface area contributed by atoms with Gasteiger partial charge in [-0.2, -0.15) is 0 Å². The van der Waals surface area contributed by atoms with Gasteiger partial charge in [-0.1, -0.05) is 0 Å². The number of nitrogens with zero attached hydrogens (tertiary/aromatic N) is 2. The number of hydrogen-bond acceptors (Lipinski definition) is 5. The van der Waals surface area contributed by atoms with Gasteiger partial charge in [-0.3, -0.25) is 0 Å². The molecule has 0 bridgehead atoms. The number of hydrogen-bond donors (Lipinski definition) is 1. The van der Waals surface area contributed by atoms with Crippen LogP contribution in [-0.4, -0.2) is 31.8 Å². The van der Waals surface area contributed by atoms with Crippen LogP contribution in [0.5, 0.6) is 0 Å². The van der Waals surface area contributed by atoms with E-state index < -0.39 is 0 Å². The molecule has 1 aliphatic heterocycles. The molecule has 4 nitrogen and oxygen atoms in total. The summed E-state index contributed by atoms with van der Waals surface area (Å²) in [5.41, 5.74) is 10.9.